The number of aryl methyl sites for hydroxylation is 2. The van der Waals surface area contributed by atoms with Crippen LogP contribution < -0.4 is 10.2 Å². The van der Waals surface area contributed by atoms with Crippen LogP contribution in [0.25, 0.3) is 11.0 Å². The Morgan fingerprint density at radius 2 is 1.96 bits per heavy atom. The SMILES string of the molecule is C/C(Cn1nnc2ccccc21)=N\NC(=O)COc1cc(C)c(Cl)c(C)c1. The molecule has 140 valence electrons. The molecular formula is C19H20ClN5O2. The molecule has 0 fully saturated rings. The lowest BCUT2D eigenvalue weighted by Gasteiger charge is -2.09. The van der Waals surface area contributed by atoms with E-state index in [1.54, 1.807) is 16.8 Å². The molecule has 0 saturated carbocycles. The lowest BCUT2D eigenvalue weighted by molar-refractivity contribution is -0.123. The molecule has 0 aliphatic carbocycles. The maximum absolute atomic E-state index is 12.0. The average molecular weight is 386 g/mol. The Labute approximate surface area is 162 Å². The number of para-hydroxylation sites is 1. The zero-order valence-electron chi connectivity index (χ0n) is 15.4. The number of halogens is 1. The fourth-order valence-electron chi connectivity index (χ4n) is 2.61. The Morgan fingerprint density at radius 1 is 1.26 bits per heavy atom. The summed E-state index contributed by atoms with van der Waals surface area (Å²) >= 11 is 6.13. The molecule has 0 saturated heterocycles. The number of carbonyl (C=O) groups excluding carboxylic acids is 1. The molecule has 1 heterocycles. The molecule has 1 aromatic heterocycles. The highest BCUT2D eigenvalue weighted by Crippen LogP contribution is 2.25. The summed E-state index contributed by atoms with van der Waals surface area (Å²) in [6, 6.07) is 11.3. The van der Waals surface area contributed by atoms with Gasteiger partial charge in [0.25, 0.3) is 5.91 Å². The summed E-state index contributed by atoms with van der Waals surface area (Å²) in [5, 5.41) is 13.0. The van der Waals surface area contributed by atoms with E-state index in [0.29, 0.717) is 23.0 Å². The van der Waals surface area contributed by atoms with E-state index in [-0.39, 0.29) is 12.5 Å². The van der Waals surface area contributed by atoms with Gasteiger partial charge in [-0.25, -0.2) is 10.1 Å². The second kappa shape index (κ2) is 8.18. The predicted octanol–water partition coefficient (Wildman–Crippen LogP) is 3.27. The van der Waals surface area contributed by atoms with E-state index < -0.39 is 0 Å². The normalized spacial score (nSPS) is 11.6. The van der Waals surface area contributed by atoms with E-state index in [9.17, 15) is 4.79 Å². The van der Waals surface area contributed by atoms with Crippen LogP contribution in [0, 0.1) is 13.8 Å². The van der Waals surface area contributed by atoms with Gasteiger partial charge in [-0.1, -0.05) is 28.9 Å². The molecule has 7 nitrogen and oxygen atoms in total. The van der Waals surface area contributed by atoms with Crippen molar-refractivity contribution in [2.24, 2.45) is 5.10 Å². The van der Waals surface area contributed by atoms with Crippen molar-refractivity contribution in [3.63, 3.8) is 0 Å². The summed E-state index contributed by atoms with van der Waals surface area (Å²) < 4.78 is 7.25. The molecule has 0 aliphatic rings. The van der Waals surface area contributed by atoms with Crippen LogP contribution >= 0.6 is 11.6 Å². The van der Waals surface area contributed by atoms with Crippen LogP contribution in [0.4, 0.5) is 0 Å². The second-order valence-electron chi connectivity index (χ2n) is 6.28. The van der Waals surface area contributed by atoms with E-state index in [1.807, 2.05) is 45.0 Å². The van der Waals surface area contributed by atoms with Crippen molar-refractivity contribution in [1.82, 2.24) is 20.4 Å². The van der Waals surface area contributed by atoms with Gasteiger partial charge in [0.05, 0.1) is 17.8 Å². The molecule has 1 N–H and O–H groups in total. The lowest BCUT2D eigenvalue weighted by atomic mass is 10.1. The van der Waals surface area contributed by atoms with Crippen molar-refractivity contribution in [3.8, 4) is 5.75 Å². The number of fused-ring (bicyclic) bond motifs is 1. The van der Waals surface area contributed by atoms with E-state index >= 15 is 0 Å². The minimum Gasteiger partial charge on any atom is -0.484 e. The Balaban J connectivity index is 1.55. The first-order valence-electron chi connectivity index (χ1n) is 8.44. The fraction of sp³-hybridized carbons (Fsp3) is 0.263. The Kier molecular flexibility index (Phi) is 5.71. The second-order valence-corrected chi connectivity index (χ2v) is 6.66. The molecule has 1 amide bonds. The first-order chi connectivity index (χ1) is 12.9. The Morgan fingerprint density at radius 3 is 2.70 bits per heavy atom. The van der Waals surface area contributed by atoms with E-state index in [4.69, 9.17) is 16.3 Å². The van der Waals surface area contributed by atoms with Crippen LogP contribution in [0.1, 0.15) is 18.1 Å². The van der Waals surface area contributed by atoms with Crippen LogP contribution in [-0.2, 0) is 11.3 Å². The Hall–Kier alpha value is -2.93. The number of amides is 1. The molecule has 3 aromatic rings. The van der Waals surface area contributed by atoms with Gasteiger partial charge < -0.3 is 4.74 Å². The Bertz CT molecular complexity index is 989. The number of benzene rings is 2. The number of aromatic nitrogens is 3. The van der Waals surface area contributed by atoms with Crippen LogP contribution in [0.5, 0.6) is 5.75 Å². The first-order valence-corrected chi connectivity index (χ1v) is 8.81. The number of nitrogens with one attached hydrogen (secondary N) is 1. The maximum atomic E-state index is 12.0. The van der Waals surface area contributed by atoms with E-state index in [2.05, 4.69) is 20.8 Å². The van der Waals surface area contributed by atoms with Gasteiger partial charge in [-0.3, -0.25) is 4.79 Å². The minimum atomic E-state index is -0.344. The molecule has 2 aromatic carbocycles. The van der Waals surface area contributed by atoms with Crippen LogP contribution in [0.3, 0.4) is 0 Å². The zero-order chi connectivity index (χ0) is 19.4. The number of hydrogen-bond donors (Lipinski definition) is 1. The van der Waals surface area contributed by atoms with Crippen LogP contribution in [0.15, 0.2) is 41.5 Å². The third-order valence-electron chi connectivity index (χ3n) is 3.95. The molecule has 0 bridgehead atoms. The standard InChI is InChI=1S/C19H20ClN5O2/c1-12-8-15(9-13(2)19(12)20)27-11-18(26)23-21-14(3)10-25-17-7-5-4-6-16(17)22-24-25/h4-9H,10-11H2,1-3H3,(H,23,26)/b21-14+. The monoisotopic (exact) mass is 385 g/mol. The summed E-state index contributed by atoms with van der Waals surface area (Å²) in [6.45, 7) is 5.89. The number of hydrogen-bond acceptors (Lipinski definition) is 5. The largest absolute Gasteiger partial charge is 0.484 e. The highest BCUT2D eigenvalue weighted by Gasteiger charge is 2.07. The number of ether oxygens (including phenoxy) is 1. The number of hydrazone groups is 1. The fourth-order valence-corrected chi connectivity index (χ4v) is 2.72. The van der Waals surface area contributed by atoms with Crippen molar-refractivity contribution >= 4 is 34.3 Å². The quantitative estimate of drug-likeness (QED) is 0.521. The summed E-state index contributed by atoms with van der Waals surface area (Å²) in [5.41, 5.74) is 6.72. The molecule has 0 radical (unpaired) electrons. The maximum Gasteiger partial charge on any atom is 0.277 e. The minimum absolute atomic E-state index is 0.135. The highest BCUT2D eigenvalue weighted by molar-refractivity contribution is 6.32. The van der Waals surface area contributed by atoms with Gasteiger partial charge in [0.1, 0.15) is 11.3 Å². The molecule has 8 heteroatoms. The van der Waals surface area contributed by atoms with Crippen molar-refractivity contribution in [2.75, 3.05) is 6.61 Å². The topological polar surface area (TPSA) is 81.4 Å². The molecular weight excluding hydrogens is 366 g/mol. The highest BCUT2D eigenvalue weighted by atomic mass is 35.5. The number of nitrogens with zero attached hydrogens (tertiary/aromatic N) is 4. The molecule has 0 aliphatic heterocycles. The first kappa shape index (κ1) is 18.8. The molecule has 27 heavy (non-hydrogen) atoms. The third kappa shape index (κ3) is 4.62. The van der Waals surface area contributed by atoms with Crippen molar-refractivity contribution < 1.29 is 9.53 Å². The lowest BCUT2D eigenvalue weighted by Crippen LogP contribution is -2.26. The summed E-state index contributed by atoms with van der Waals surface area (Å²) in [6.07, 6.45) is 0. The summed E-state index contributed by atoms with van der Waals surface area (Å²) in [4.78, 5) is 12.0. The number of rotatable bonds is 6. The van der Waals surface area contributed by atoms with Gasteiger partial charge in [-0.05, 0) is 56.2 Å². The summed E-state index contributed by atoms with van der Waals surface area (Å²) in [5.74, 6) is 0.252. The molecule has 0 spiro atoms. The van der Waals surface area contributed by atoms with Gasteiger partial charge in [0.2, 0.25) is 0 Å². The van der Waals surface area contributed by atoms with Crippen molar-refractivity contribution in [3.05, 3.63) is 52.5 Å². The van der Waals surface area contributed by atoms with Gasteiger partial charge in [-0.2, -0.15) is 5.10 Å². The molecule has 0 unspecified atom stereocenters. The van der Waals surface area contributed by atoms with Gasteiger partial charge in [0, 0.05) is 5.02 Å². The van der Waals surface area contributed by atoms with E-state index in [1.165, 1.54) is 0 Å². The predicted molar refractivity (Wildman–Crippen MR) is 105 cm³/mol. The van der Waals surface area contributed by atoms with Gasteiger partial charge in [-0.15, -0.1) is 5.10 Å². The third-order valence-corrected chi connectivity index (χ3v) is 4.55. The summed E-state index contributed by atoms with van der Waals surface area (Å²) in [7, 11) is 0. The van der Waals surface area contributed by atoms with Gasteiger partial charge >= 0.3 is 0 Å². The molecule has 3 rings (SSSR count). The van der Waals surface area contributed by atoms with Gasteiger partial charge in [0.15, 0.2) is 6.61 Å². The molecule has 0 atom stereocenters. The zero-order valence-corrected chi connectivity index (χ0v) is 16.1. The number of carbonyl (C=O) groups is 1. The van der Waals surface area contributed by atoms with E-state index in [0.717, 1.165) is 22.2 Å². The van der Waals surface area contributed by atoms with Crippen LogP contribution in [-0.4, -0.2) is 33.2 Å². The van der Waals surface area contributed by atoms with Crippen LogP contribution in [0.2, 0.25) is 5.02 Å². The smallest absolute Gasteiger partial charge is 0.277 e. The van der Waals surface area contributed by atoms with Crippen molar-refractivity contribution in [2.45, 2.75) is 27.3 Å². The average Bonchev–Trinajstić information content (AvgIpc) is 3.05. The van der Waals surface area contributed by atoms with Crippen molar-refractivity contribution in [1.29, 1.82) is 0 Å².